The normalized spacial score (nSPS) is 14.9. The second-order valence-electron chi connectivity index (χ2n) is 11.2. The SMILES string of the molecule is CC(C)(C)OC(=O)C1(ON=C(C(=O)O)c2csc(NC(c3ccccc3)(c3ccccc3)c3ccccc3)n2)CCC1. The summed E-state index contributed by atoms with van der Waals surface area (Å²) < 4.78 is 5.52. The highest BCUT2D eigenvalue weighted by molar-refractivity contribution is 7.14. The number of carboxylic acids is 1. The molecule has 0 aliphatic heterocycles. The van der Waals surface area contributed by atoms with E-state index in [9.17, 15) is 14.7 Å². The summed E-state index contributed by atoms with van der Waals surface area (Å²) in [5.74, 6) is -1.86. The molecule has 0 atom stereocenters. The molecule has 2 N–H and O–H groups in total. The van der Waals surface area contributed by atoms with Gasteiger partial charge < -0.3 is 20.0 Å². The quantitative estimate of drug-likeness (QED) is 0.0935. The Bertz CT molecular complexity index is 1460. The van der Waals surface area contributed by atoms with E-state index in [4.69, 9.17) is 9.57 Å². The van der Waals surface area contributed by atoms with Crippen LogP contribution in [-0.2, 0) is 24.7 Å². The van der Waals surface area contributed by atoms with Crippen LogP contribution in [0.5, 0.6) is 0 Å². The maximum atomic E-state index is 12.9. The molecule has 216 valence electrons. The van der Waals surface area contributed by atoms with Crippen LogP contribution in [0, 0.1) is 0 Å². The predicted octanol–water partition coefficient (Wildman–Crippen LogP) is 6.62. The molecular weight excluding hydrogens is 550 g/mol. The molecule has 0 spiro atoms. The molecule has 1 fully saturated rings. The molecule has 0 unspecified atom stereocenters. The first-order valence-electron chi connectivity index (χ1n) is 13.8. The number of oxime groups is 1. The van der Waals surface area contributed by atoms with Crippen molar-refractivity contribution in [3.63, 3.8) is 0 Å². The third kappa shape index (κ3) is 5.92. The molecule has 0 radical (unpaired) electrons. The number of benzene rings is 3. The van der Waals surface area contributed by atoms with E-state index in [1.54, 1.807) is 26.2 Å². The number of rotatable bonds is 10. The zero-order valence-corrected chi connectivity index (χ0v) is 24.6. The van der Waals surface area contributed by atoms with Crippen LogP contribution in [0.1, 0.15) is 62.4 Å². The number of thiazole rings is 1. The second-order valence-corrected chi connectivity index (χ2v) is 12.1. The molecule has 1 heterocycles. The number of nitrogens with zero attached hydrogens (tertiary/aromatic N) is 2. The van der Waals surface area contributed by atoms with Crippen molar-refractivity contribution in [1.82, 2.24) is 4.98 Å². The maximum absolute atomic E-state index is 12.9. The number of hydrogen-bond acceptors (Lipinski definition) is 8. The summed E-state index contributed by atoms with van der Waals surface area (Å²) >= 11 is 1.26. The lowest BCUT2D eigenvalue weighted by Gasteiger charge is -2.38. The number of anilines is 1. The number of carbonyl (C=O) groups excluding carboxylic acids is 1. The van der Waals surface area contributed by atoms with E-state index in [1.807, 2.05) is 91.0 Å². The van der Waals surface area contributed by atoms with Gasteiger partial charge >= 0.3 is 11.9 Å². The largest absolute Gasteiger partial charge is 0.476 e. The fraction of sp³-hybridized carbons (Fsp3) is 0.273. The molecule has 1 aliphatic rings. The van der Waals surface area contributed by atoms with E-state index in [-0.39, 0.29) is 11.4 Å². The van der Waals surface area contributed by atoms with Crippen LogP contribution < -0.4 is 5.32 Å². The van der Waals surface area contributed by atoms with Gasteiger partial charge in [0.15, 0.2) is 5.13 Å². The van der Waals surface area contributed by atoms with Crippen molar-refractivity contribution in [1.29, 1.82) is 0 Å². The van der Waals surface area contributed by atoms with Gasteiger partial charge in [0.25, 0.3) is 0 Å². The summed E-state index contributed by atoms with van der Waals surface area (Å²) in [5, 5.41) is 19.7. The van der Waals surface area contributed by atoms with Gasteiger partial charge in [-0.15, -0.1) is 11.3 Å². The average Bonchev–Trinajstić information content (AvgIpc) is 3.41. The second kappa shape index (κ2) is 11.8. The maximum Gasteiger partial charge on any atom is 0.360 e. The molecule has 9 heteroatoms. The Balaban J connectivity index is 1.52. The van der Waals surface area contributed by atoms with Crippen molar-refractivity contribution in [3.05, 3.63) is 119 Å². The highest BCUT2D eigenvalue weighted by Crippen LogP contribution is 2.41. The van der Waals surface area contributed by atoms with Crippen LogP contribution in [0.4, 0.5) is 5.13 Å². The lowest BCUT2D eigenvalue weighted by atomic mass is 9.77. The van der Waals surface area contributed by atoms with Gasteiger partial charge in [0.05, 0.1) is 0 Å². The Hall–Kier alpha value is -4.50. The lowest BCUT2D eigenvalue weighted by molar-refractivity contribution is -0.196. The molecule has 5 rings (SSSR count). The van der Waals surface area contributed by atoms with E-state index in [0.717, 1.165) is 23.1 Å². The molecule has 1 aromatic heterocycles. The first-order valence-corrected chi connectivity index (χ1v) is 14.6. The summed E-state index contributed by atoms with van der Waals surface area (Å²) in [6.45, 7) is 5.31. The molecule has 0 amide bonds. The van der Waals surface area contributed by atoms with Crippen LogP contribution in [0.25, 0.3) is 0 Å². The zero-order valence-electron chi connectivity index (χ0n) is 23.7. The Morgan fingerprint density at radius 1 is 0.881 bits per heavy atom. The van der Waals surface area contributed by atoms with E-state index in [0.29, 0.717) is 18.0 Å². The minimum atomic E-state index is -1.31. The Kier molecular flexibility index (Phi) is 8.13. The third-order valence-corrected chi connectivity index (χ3v) is 7.87. The first-order chi connectivity index (χ1) is 20.1. The molecule has 1 aliphatic carbocycles. The number of carbonyl (C=O) groups is 2. The van der Waals surface area contributed by atoms with Crippen LogP contribution in [0.15, 0.2) is 102 Å². The van der Waals surface area contributed by atoms with Gasteiger partial charge in [-0.3, -0.25) is 0 Å². The van der Waals surface area contributed by atoms with Crippen LogP contribution in [0.2, 0.25) is 0 Å². The Labute approximate surface area is 249 Å². The smallest absolute Gasteiger partial charge is 0.360 e. The summed E-state index contributed by atoms with van der Waals surface area (Å²) in [6, 6.07) is 30.1. The van der Waals surface area contributed by atoms with Crippen LogP contribution in [-0.4, -0.2) is 38.9 Å². The molecule has 1 saturated carbocycles. The monoisotopic (exact) mass is 583 g/mol. The van der Waals surface area contributed by atoms with Crippen LogP contribution in [0.3, 0.4) is 0 Å². The van der Waals surface area contributed by atoms with Crippen molar-refractivity contribution < 1.29 is 24.3 Å². The first kappa shape index (κ1) is 29.0. The Morgan fingerprint density at radius 2 is 1.38 bits per heavy atom. The summed E-state index contributed by atoms with van der Waals surface area (Å²) in [5.41, 5.74) is -0.149. The van der Waals surface area contributed by atoms with Crippen molar-refractivity contribution in [2.24, 2.45) is 5.16 Å². The predicted molar refractivity (Wildman–Crippen MR) is 163 cm³/mol. The fourth-order valence-electron chi connectivity index (χ4n) is 4.91. The van der Waals surface area contributed by atoms with Crippen molar-refractivity contribution in [3.8, 4) is 0 Å². The topological polar surface area (TPSA) is 110 Å². The minimum Gasteiger partial charge on any atom is -0.476 e. The Morgan fingerprint density at radius 3 is 1.79 bits per heavy atom. The molecular formula is C33H33N3O5S. The lowest BCUT2D eigenvalue weighted by Crippen LogP contribution is -2.50. The van der Waals surface area contributed by atoms with Crippen molar-refractivity contribution in [2.75, 3.05) is 5.32 Å². The molecule has 8 nitrogen and oxygen atoms in total. The zero-order chi connectivity index (χ0) is 29.8. The molecule has 0 saturated heterocycles. The van der Waals surface area contributed by atoms with Gasteiger partial charge in [-0.25, -0.2) is 14.6 Å². The number of hydrogen-bond donors (Lipinski definition) is 2. The van der Waals surface area contributed by atoms with Crippen LogP contribution >= 0.6 is 11.3 Å². The van der Waals surface area contributed by atoms with E-state index >= 15 is 0 Å². The summed E-state index contributed by atoms with van der Waals surface area (Å²) in [4.78, 5) is 35.4. The number of nitrogens with one attached hydrogen (secondary N) is 1. The van der Waals surface area contributed by atoms with Crippen molar-refractivity contribution in [2.45, 2.75) is 56.8 Å². The molecule has 3 aromatic carbocycles. The van der Waals surface area contributed by atoms with Gasteiger partial charge in [0.2, 0.25) is 11.3 Å². The van der Waals surface area contributed by atoms with Gasteiger partial charge in [0, 0.05) is 18.2 Å². The molecule has 0 bridgehead atoms. The van der Waals surface area contributed by atoms with E-state index < -0.39 is 28.7 Å². The third-order valence-electron chi connectivity index (χ3n) is 7.11. The highest BCUT2D eigenvalue weighted by Gasteiger charge is 2.50. The minimum absolute atomic E-state index is 0.122. The van der Waals surface area contributed by atoms with Crippen molar-refractivity contribution >= 4 is 34.1 Å². The summed E-state index contributed by atoms with van der Waals surface area (Å²) in [6.07, 6.45) is 1.55. The summed E-state index contributed by atoms with van der Waals surface area (Å²) in [7, 11) is 0. The number of aromatic nitrogens is 1. The number of aliphatic carboxylic acids is 1. The number of carboxylic acid groups (broad SMARTS) is 1. The van der Waals surface area contributed by atoms with Gasteiger partial charge in [-0.2, -0.15) is 0 Å². The van der Waals surface area contributed by atoms with Gasteiger partial charge in [-0.05, 0) is 43.9 Å². The molecule has 42 heavy (non-hydrogen) atoms. The average molecular weight is 584 g/mol. The van der Waals surface area contributed by atoms with Gasteiger partial charge in [0.1, 0.15) is 16.8 Å². The molecule has 4 aromatic rings. The standard InChI is InChI=1S/C33H33N3O5S/c1-31(2,3)40-29(39)32(20-13-21-32)41-36-27(28(37)38)26-22-42-30(34-26)35-33(23-14-7-4-8-15-23,24-16-9-5-10-17-24)25-18-11-6-12-19-25/h4-12,14-19,22H,13,20-21H2,1-3H3,(H,34,35)(H,37,38). The van der Waals surface area contributed by atoms with E-state index in [1.165, 1.54) is 11.3 Å². The van der Waals surface area contributed by atoms with Gasteiger partial charge in [-0.1, -0.05) is 96.2 Å². The fourth-order valence-corrected chi connectivity index (χ4v) is 5.66. The highest BCUT2D eigenvalue weighted by atomic mass is 32.1. The number of esters is 1. The number of ether oxygens (including phenoxy) is 1. The van der Waals surface area contributed by atoms with E-state index in [2.05, 4.69) is 15.5 Å².